The van der Waals surface area contributed by atoms with E-state index in [0.29, 0.717) is 13.1 Å². The molecule has 0 radical (unpaired) electrons. The van der Waals surface area contributed by atoms with Gasteiger partial charge < -0.3 is 15.5 Å². The zero-order valence-corrected chi connectivity index (χ0v) is 14.9. The van der Waals surface area contributed by atoms with Gasteiger partial charge in [-0.25, -0.2) is 4.39 Å². The number of rotatable bonds is 3. The predicted molar refractivity (Wildman–Crippen MR) is 101 cm³/mol. The highest BCUT2D eigenvalue weighted by Gasteiger charge is 2.41. The van der Waals surface area contributed by atoms with Gasteiger partial charge in [-0.1, -0.05) is 42.5 Å². The topological polar surface area (TPSA) is 66.6 Å². The molecule has 0 aliphatic carbocycles. The van der Waals surface area contributed by atoms with Gasteiger partial charge >= 0.3 is 0 Å². The molecule has 4 rings (SSSR count). The maximum Gasteiger partial charge on any atom is 0.228 e. The summed E-state index contributed by atoms with van der Waals surface area (Å²) in [6.07, 6.45) is 0.106. The lowest BCUT2D eigenvalue weighted by molar-refractivity contribution is -0.134. The fourth-order valence-electron chi connectivity index (χ4n) is 4.10. The second kappa shape index (κ2) is 7.12. The van der Waals surface area contributed by atoms with Crippen LogP contribution in [0.3, 0.4) is 0 Å². The zero-order valence-electron chi connectivity index (χ0n) is 14.9. The lowest BCUT2D eigenvalue weighted by Gasteiger charge is -2.21. The number of hydrogen-bond acceptors (Lipinski definition) is 3. The van der Waals surface area contributed by atoms with Crippen LogP contribution in [0.25, 0.3) is 0 Å². The van der Waals surface area contributed by atoms with Crippen LogP contribution in [0.4, 0.5) is 10.1 Å². The van der Waals surface area contributed by atoms with E-state index in [2.05, 4.69) is 0 Å². The number of nitrogens with zero attached hydrogens (tertiary/aromatic N) is 2. The second-order valence-electron chi connectivity index (χ2n) is 7.28. The molecule has 2 fully saturated rings. The van der Waals surface area contributed by atoms with Gasteiger partial charge in [0.1, 0.15) is 5.82 Å². The van der Waals surface area contributed by atoms with Crippen LogP contribution in [0.15, 0.2) is 54.6 Å². The van der Waals surface area contributed by atoms with Gasteiger partial charge in [-0.15, -0.1) is 0 Å². The normalized spacial score (nSPS) is 25.3. The Bertz CT molecular complexity index is 858. The number of hydrogen-bond donors (Lipinski definition) is 1. The molecular formula is C21H22FN3O2. The quantitative estimate of drug-likeness (QED) is 0.904. The highest BCUT2D eigenvalue weighted by molar-refractivity contribution is 6.00. The Hall–Kier alpha value is -2.73. The number of anilines is 1. The standard InChI is InChI=1S/C21H22FN3O2/c22-17-8-4-5-9-19(17)25-11-15(10-20(25)26)21(27)24-12-16(18(23)13-24)14-6-2-1-3-7-14/h1-9,15-16,18H,10-13,23H2/t15?,16-,18+/m0/s1. The lowest BCUT2D eigenvalue weighted by atomic mass is 9.95. The summed E-state index contributed by atoms with van der Waals surface area (Å²) in [4.78, 5) is 28.5. The molecule has 2 aliphatic rings. The Morgan fingerprint density at radius 3 is 2.44 bits per heavy atom. The number of carbonyl (C=O) groups excluding carboxylic acids is 2. The monoisotopic (exact) mass is 367 g/mol. The first kappa shape index (κ1) is 17.7. The molecule has 140 valence electrons. The van der Waals surface area contributed by atoms with Gasteiger partial charge in [-0.2, -0.15) is 0 Å². The molecule has 2 heterocycles. The summed E-state index contributed by atoms with van der Waals surface area (Å²) in [6, 6.07) is 16.0. The van der Waals surface area contributed by atoms with E-state index in [0.717, 1.165) is 5.56 Å². The molecule has 2 aromatic carbocycles. The summed E-state index contributed by atoms with van der Waals surface area (Å²) < 4.78 is 14.0. The number of benzene rings is 2. The molecule has 0 spiro atoms. The maximum absolute atomic E-state index is 14.0. The molecule has 2 aromatic rings. The van der Waals surface area contributed by atoms with Crippen molar-refractivity contribution in [1.82, 2.24) is 4.90 Å². The van der Waals surface area contributed by atoms with Crippen molar-refractivity contribution < 1.29 is 14.0 Å². The van der Waals surface area contributed by atoms with Crippen LogP contribution in [0.2, 0.25) is 0 Å². The number of nitrogens with two attached hydrogens (primary N) is 1. The Kier molecular flexibility index (Phi) is 4.66. The highest BCUT2D eigenvalue weighted by atomic mass is 19.1. The van der Waals surface area contributed by atoms with Crippen LogP contribution in [-0.4, -0.2) is 42.4 Å². The molecule has 3 atom stereocenters. The van der Waals surface area contributed by atoms with Crippen molar-refractivity contribution in [2.45, 2.75) is 18.4 Å². The predicted octanol–water partition coefficient (Wildman–Crippen LogP) is 2.13. The van der Waals surface area contributed by atoms with Gasteiger partial charge in [0, 0.05) is 38.0 Å². The fourth-order valence-corrected chi connectivity index (χ4v) is 4.10. The largest absolute Gasteiger partial charge is 0.340 e. The van der Waals surface area contributed by atoms with Crippen molar-refractivity contribution in [3.8, 4) is 0 Å². The van der Waals surface area contributed by atoms with Gasteiger partial charge in [0.15, 0.2) is 0 Å². The van der Waals surface area contributed by atoms with Crippen molar-refractivity contribution in [2.24, 2.45) is 11.7 Å². The van der Waals surface area contributed by atoms with Gasteiger partial charge in [0.2, 0.25) is 11.8 Å². The molecular weight excluding hydrogens is 345 g/mol. The molecule has 0 saturated carbocycles. The fraction of sp³-hybridized carbons (Fsp3) is 0.333. The Labute approximate surface area is 157 Å². The first-order valence-electron chi connectivity index (χ1n) is 9.19. The molecule has 5 nitrogen and oxygen atoms in total. The minimum atomic E-state index is -0.459. The maximum atomic E-state index is 14.0. The van der Waals surface area contributed by atoms with Gasteiger partial charge in [-0.3, -0.25) is 9.59 Å². The zero-order chi connectivity index (χ0) is 19.0. The van der Waals surface area contributed by atoms with Crippen LogP contribution in [-0.2, 0) is 9.59 Å². The smallest absolute Gasteiger partial charge is 0.228 e. The first-order valence-corrected chi connectivity index (χ1v) is 9.19. The van der Waals surface area contributed by atoms with E-state index < -0.39 is 11.7 Å². The minimum Gasteiger partial charge on any atom is -0.340 e. The van der Waals surface area contributed by atoms with Crippen LogP contribution < -0.4 is 10.6 Å². The summed E-state index contributed by atoms with van der Waals surface area (Å²) in [5.41, 5.74) is 7.64. The van der Waals surface area contributed by atoms with E-state index >= 15 is 0 Å². The van der Waals surface area contributed by atoms with Crippen molar-refractivity contribution in [2.75, 3.05) is 24.5 Å². The molecule has 6 heteroatoms. The Morgan fingerprint density at radius 1 is 1.00 bits per heavy atom. The summed E-state index contributed by atoms with van der Waals surface area (Å²) >= 11 is 0. The van der Waals surface area contributed by atoms with E-state index in [4.69, 9.17) is 5.73 Å². The van der Waals surface area contributed by atoms with Crippen LogP contribution in [0, 0.1) is 11.7 Å². The summed E-state index contributed by atoms with van der Waals surface area (Å²) in [7, 11) is 0. The average molecular weight is 367 g/mol. The summed E-state index contributed by atoms with van der Waals surface area (Å²) in [5, 5.41) is 0. The van der Waals surface area contributed by atoms with Crippen molar-refractivity contribution in [3.05, 3.63) is 66.0 Å². The van der Waals surface area contributed by atoms with E-state index in [1.54, 1.807) is 23.1 Å². The van der Waals surface area contributed by atoms with E-state index in [1.807, 2.05) is 30.3 Å². The molecule has 27 heavy (non-hydrogen) atoms. The van der Waals surface area contributed by atoms with Gasteiger partial charge in [0.25, 0.3) is 0 Å². The third kappa shape index (κ3) is 3.32. The van der Waals surface area contributed by atoms with E-state index in [1.165, 1.54) is 11.0 Å². The molecule has 2 amide bonds. The molecule has 0 aromatic heterocycles. The summed E-state index contributed by atoms with van der Waals surface area (Å²) in [6.45, 7) is 1.23. The van der Waals surface area contributed by atoms with Gasteiger partial charge in [0.05, 0.1) is 11.6 Å². The third-order valence-electron chi connectivity index (χ3n) is 5.52. The lowest BCUT2D eigenvalue weighted by Crippen LogP contribution is -2.37. The number of amides is 2. The van der Waals surface area contributed by atoms with Crippen LogP contribution >= 0.6 is 0 Å². The third-order valence-corrected chi connectivity index (χ3v) is 5.52. The second-order valence-corrected chi connectivity index (χ2v) is 7.28. The molecule has 2 N–H and O–H groups in total. The van der Waals surface area contributed by atoms with E-state index in [9.17, 15) is 14.0 Å². The van der Waals surface area contributed by atoms with Crippen LogP contribution in [0.5, 0.6) is 0 Å². The first-order chi connectivity index (χ1) is 13.0. The average Bonchev–Trinajstić information content (AvgIpc) is 3.25. The van der Waals surface area contributed by atoms with E-state index in [-0.39, 0.29) is 42.4 Å². The highest BCUT2D eigenvalue weighted by Crippen LogP contribution is 2.31. The Morgan fingerprint density at radius 2 is 1.70 bits per heavy atom. The number of halogens is 1. The summed E-state index contributed by atoms with van der Waals surface area (Å²) in [5.74, 6) is -1.11. The molecule has 1 unspecified atom stereocenters. The van der Waals surface area contributed by atoms with Gasteiger partial charge in [-0.05, 0) is 17.7 Å². The molecule has 0 bridgehead atoms. The van der Waals surface area contributed by atoms with Crippen molar-refractivity contribution >= 4 is 17.5 Å². The molecule has 2 aliphatic heterocycles. The molecule has 2 saturated heterocycles. The number of para-hydroxylation sites is 1. The number of carbonyl (C=O) groups is 2. The Balaban J connectivity index is 1.46. The van der Waals surface area contributed by atoms with Crippen molar-refractivity contribution in [1.29, 1.82) is 0 Å². The van der Waals surface area contributed by atoms with Crippen LogP contribution in [0.1, 0.15) is 17.9 Å². The van der Waals surface area contributed by atoms with Crippen molar-refractivity contribution in [3.63, 3.8) is 0 Å². The number of likely N-dealkylation sites (tertiary alicyclic amines) is 1. The SMILES string of the molecule is N[C@@H]1CN(C(=O)C2CC(=O)N(c3ccccc3F)C2)C[C@H]1c1ccccc1. The minimum absolute atomic E-state index is 0.0731.